The molecule has 0 aliphatic heterocycles. The van der Waals surface area contributed by atoms with E-state index in [1.54, 1.807) is 22.2 Å². The standard InChI is InChI=1S/C27H22N8S/c1-5-34-16(4)19(12-29-34)21-11-18(17-8-6-7-9-20(17)31-21)25-32-26-24-23(28-13-35(26)33-25)22-14(2)10-15(3)30-27(22)36-24/h6-13H,5H2,1-4H3. The van der Waals surface area contributed by atoms with Crippen LogP contribution < -0.4 is 0 Å². The third kappa shape index (κ3) is 2.99. The highest BCUT2D eigenvalue weighted by Gasteiger charge is 2.19. The number of aromatic nitrogens is 8. The number of benzene rings is 1. The van der Waals surface area contributed by atoms with E-state index in [0.717, 1.165) is 71.7 Å². The number of para-hydroxylation sites is 1. The molecule has 0 spiro atoms. The Morgan fingerprint density at radius 3 is 2.67 bits per heavy atom. The van der Waals surface area contributed by atoms with Gasteiger partial charge in [0.2, 0.25) is 0 Å². The van der Waals surface area contributed by atoms with Crippen molar-refractivity contribution in [1.82, 2.24) is 39.3 Å². The monoisotopic (exact) mass is 490 g/mol. The second-order valence-electron chi connectivity index (χ2n) is 9.02. The second kappa shape index (κ2) is 7.63. The molecule has 6 heterocycles. The first-order valence-corrected chi connectivity index (χ1v) is 12.7. The van der Waals surface area contributed by atoms with Gasteiger partial charge in [-0.15, -0.1) is 16.4 Å². The van der Waals surface area contributed by atoms with Gasteiger partial charge >= 0.3 is 0 Å². The highest BCUT2D eigenvalue weighted by molar-refractivity contribution is 7.26. The van der Waals surface area contributed by atoms with Crippen molar-refractivity contribution in [2.24, 2.45) is 0 Å². The first-order valence-electron chi connectivity index (χ1n) is 11.9. The zero-order chi connectivity index (χ0) is 24.6. The van der Waals surface area contributed by atoms with Gasteiger partial charge in [-0.2, -0.15) is 5.10 Å². The summed E-state index contributed by atoms with van der Waals surface area (Å²) in [5, 5.41) is 11.5. The van der Waals surface area contributed by atoms with Gasteiger partial charge in [0, 0.05) is 39.8 Å². The molecule has 1 aromatic carbocycles. The fraction of sp³-hybridized carbons (Fsp3) is 0.185. The number of thiophene rings is 1. The lowest BCUT2D eigenvalue weighted by Crippen LogP contribution is -1.99. The number of fused-ring (bicyclic) bond motifs is 6. The quantitative estimate of drug-likeness (QED) is 0.306. The highest BCUT2D eigenvalue weighted by Crippen LogP contribution is 2.37. The van der Waals surface area contributed by atoms with Gasteiger partial charge in [0.1, 0.15) is 15.9 Å². The maximum absolute atomic E-state index is 5.03. The lowest BCUT2D eigenvalue weighted by Gasteiger charge is -2.08. The van der Waals surface area contributed by atoms with Crippen molar-refractivity contribution in [2.45, 2.75) is 34.2 Å². The predicted octanol–water partition coefficient (Wildman–Crippen LogP) is 5.91. The number of aryl methyl sites for hydroxylation is 3. The lowest BCUT2D eigenvalue weighted by molar-refractivity contribution is 0.640. The highest BCUT2D eigenvalue weighted by atomic mass is 32.1. The van der Waals surface area contributed by atoms with Crippen LogP contribution in [0.1, 0.15) is 23.9 Å². The van der Waals surface area contributed by atoms with E-state index in [1.807, 2.05) is 36.0 Å². The molecule has 0 amide bonds. The summed E-state index contributed by atoms with van der Waals surface area (Å²) in [5.41, 5.74) is 8.68. The van der Waals surface area contributed by atoms with E-state index in [0.29, 0.717) is 5.82 Å². The van der Waals surface area contributed by atoms with E-state index >= 15 is 0 Å². The number of nitrogens with zero attached hydrogens (tertiary/aromatic N) is 8. The van der Waals surface area contributed by atoms with Gasteiger partial charge in [0.15, 0.2) is 11.5 Å². The van der Waals surface area contributed by atoms with Crippen LogP contribution in [0.25, 0.3) is 59.6 Å². The van der Waals surface area contributed by atoms with E-state index in [4.69, 9.17) is 25.0 Å². The Balaban J connectivity index is 1.50. The van der Waals surface area contributed by atoms with E-state index in [2.05, 4.69) is 44.1 Å². The molecule has 0 fully saturated rings. The number of rotatable bonds is 3. The molecule has 0 saturated heterocycles. The van der Waals surface area contributed by atoms with Crippen molar-refractivity contribution in [1.29, 1.82) is 0 Å². The van der Waals surface area contributed by atoms with Crippen LogP contribution >= 0.6 is 11.3 Å². The topological polar surface area (TPSA) is 86.7 Å². The molecule has 8 nitrogen and oxygen atoms in total. The first-order chi connectivity index (χ1) is 17.5. The Bertz CT molecular complexity index is 1980. The summed E-state index contributed by atoms with van der Waals surface area (Å²) >= 11 is 1.62. The second-order valence-corrected chi connectivity index (χ2v) is 10.0. The molecule has 176 valence electrons. The summed E-state index contributed by atoms with van der Waals surface area (Å²) in [5.74, 6) is 0.642. The summed E-state index contributed by atoms with van der Waals surface area (Å²) in [4.78, 5) is 20.5. The molecule has 7 aromatic rings. The summed E-state index contributed by atoms with van der Waals surface area (Å²) in [6.07, 6.45) is 3.64. The summed E-state index contributed by atoms with van der Waals surface area (Å²) in [7, 11) is 0. The fourth-order valence-electron chi connectivity index (χ4n) is 5.00. The van der Waals surface area contributed by atoms with Gasteiger partial charge in [-0.1, -0.05) is 18.2 Å². The van der Waals surface area contributed by atoms with Crippen molar-refractivity contribution in [3.8, 4) is 22.6 Å². The van der Waals surface area contributed by atoms with Crippen LogP contribution in [0.15, 0.2) is 48.9 Å². The van der Waals surface area contributed by atoms with E-state index in [-0.39, 0.29) is 0 Å². The zero-order valence-corrected chi connectivity index (χ0v) is 21.1. The maximum atomic E-state index is 5.03. The largest absolute Gasteiger partial charge is 0.269 e. The molecule has 0 radical (unpaired) electrons. The van der Waals surface area contributed by atoms with Crippen LogP contribution in [0, 0.1) is 20.8 Å². The molecular weight excluding hydrogens is 468 g/mol. The molecule has 0 atom stereocenters. The van der Waals surface area contributed by atoms with E-state index in [1.165, 1.54) is 5.56 Å². The number of hydrogen-bond acceptors (Lipinski definition) is 7. The summed E-state index contributed by atoms with van der Waals surface area (Å²) in [6, 6.07) is 12.3. The minimum atomic E-state index is 0.642. The smallest absolute Gasteiger partial charge is 0.183 e. The van der Waals surface area contributed by atoms with Gasteiger partial charge in [-0.3, -0.25) is 4.68 Å². The molecule has 0 aliphatic rings. The number of pyridine rings is 2. The van der Waals surface area contributed by atoms with Gasteiger partial charge in [0.25, 0.3) is 0 Å². The first kappa shape index (κ1) is 21.1. The van der Waals surface area contributed by atoms with Crippen molar-refractivity contribution in [3.63, 3.8) is 0 Å². The average Bonchev–Trinajstić information content (AvgIpc) is 3.57. The maximum Gasteiger partial charge on any atom is 0.183 e. The molecule has 6 aromatic heterocycles. The Hall–Kier alpha value is -4.24. The molecule has 0 bridgehead atoms. The SMILES string of the molecule is CCn1ncc(-c2cc(-c3nc4c5sc6nc(C)cc(C)c6c5ncn4n3)c3ccccc3n2)c1C. The molecule has 0 aliphatic carbocycles. The Labute approximate surface area is 210 Å². The van der Waals surface area contributed by atoms with Crippen LogP contribution in [0.2, 0.25) is 0 Å². The van der Waals surface area contributed by atoms with Crippen LogP contribution in [0.3, 0.4) is 0 Å². The van der Waals surface area contributed by atoms with E-state index < -0.39 is 0 Å². The molecular formula is C27H22N8S. The fourth-order valence-corrected chi connectivity index (χ4v) is 6.22. The molecule has 7 rings (SSSR count). The van der Waals surface area contributed by atoms with Crippen molar-refractivity contribution < 1.29 is 0 Å². The third-order valence-electron chi connectivity index (χ3n) is 6.73. The number of hydrogen-bond donors (Lipinski definition) is 0. The average molecular weight is 491 g/mol. The van der Waals surface area contributed by atoms with Gasteiger partial charge in [0.05, 0.1) is 22.9 Å². The molecule has 0 N–H and O–H groups in total. The summed E-state index contributed by atoms with van der Waals surface area (Å²) in [6.45, 7) is 9.11. The Morgan fingerprint density at radius 1 is 0.972 bits per heavy atom. The van der Waals surface area contributed by atoms with Gasteiger partial charge < -0.3 is 0 Å². The van der Waals surface area contributed by atoms with Gasteiger partial charge in [-0.25, -0.2) is 24.5 Å². The van der Waals surface area contributed by atoms with Crippen LogP contribution in [-0.4, -0.2) is 39.3 Å². The van der Waals surface area contributed by atoms with Crippen LogP contribution in [0.4, 0.5) is 0 Å². The molecule has 0 unspecified atom stereocenters. The van der Waals surface area contributed by atoms with Crippen molar-refractivity contribution in [2.75, 3.05) is 0 Å². The van der Waals surface area contributed by atoms with Gasteiger partial charge in [-0.05, 0) is 51.5 Å². The molecule has 0 saturated carbocycles. The van der Waals surface area contributed by atoms with Crippen molar-refractivity contribution in [3.05, 3.63) is 65.9 Å². The zero-order valence-electron chi connectivity index (χ0n) is 20.3. The van der Waals surface area contributed by atoms with Crippen LogP contribution in [0.5, 0.6) is 0 Å². The third-order valence-corrected chi connectivity index (χ3v) is 7.80. The van der Waals surface area contributed by atoms with Crippen LogP contribution in [-0.2, 0) is 6.54 Å². The molecule has 36 heavy (non-hydrogen) atoms. The Morgan fingerprint density at radius 2 is 1.83 bits per heavy atom. The minimum Gasteiger partial charge on any atom is -0.269 e. The summed E-state index contributed by atoms with van der Waals surface area (Å²) < 4.78 is 4.74. The molecule has 9 heteroatoms. The minimum absolute atomic E-state index is 0.642. The van der Waals surface area contributed by atoms with Crippen molar-refractivity contribution >= 4 is 48.3 Å². The lowest BCUT2D eigenvalue weighted by atomic mass is 10.0. The normalized spacial score (nSPS) is 12.0. The Kier molecular flexibility index (Phi) is 4.47. The van der Waals surface area contributed by atoms with E-state index in [9.17, 15) is 0 Å². The predicted molar refractivity (Wildman–Crippen MR) is 143 cm³/mol.